The molecule has 1 aromatic rings. The van der Waals surface area contributed by atoms with Crippen LogP contribution in [0.15, 0.2) is 24.3 Å². The molecule has 0 aliphatic carbocycles. The Balaban J connectivity index is 2.36. The normalized spacial score (nSPS) is 12.1. The molecule has 0 amide bonds. The van der Waals surface area contributed by atoms with E-state index in [1.807, 2.05) is 0 Å². The lowest BCUT2D eigenvalue weighted by atomic mass is 10.2. The van der Waals surface area contributed by atoms with Crippen LogP contribution in [0.2, 0.25) is 0 Å². The number of ether oxygens (including phenoxy) is 1. The van der Waals surface area contributed by atoms with Gasteiger partial charge in [0.2, 0.25) is 0 Å². The molecule has 5 heteroatoms. The first kappa shape index (κ1) is 11.5. The van der Waals surface area contributed by atoms with Crippen molar-refractivity contribution in [3.63, 3.8) is 0 Å². The summed E-state index contributed by atoms with van der Waals surface area (Å²) in [7, 11) is 0. The van der Waals surface area contributed by atoms with Crippen molar-refractivity contribution in [2.75, 3.05) is 6.61 Å². The third-order valence-corrected chi connectivity index (χ3v) is 1.71. The number of carboxylic acid groups (broad SMARTS) is 1. The summed E-state index contributed by atoms with van der Waals surface area (Å²) in [5, 5.41) is 8.43. The molecular weight excluding hydrogens is 201 g/mol. The number of carbonyl (C=O) groups is 1. The van der Waals surface area contributed by atoms with Gasteiger partial charge < -0.3 is 15.6 Å². The number of carboxylic acids is 1. The van der Waals surface area contributed by atoms with Crippen molar-refractivity contribution < 1.29 is 19.0 Å². The Morgan fingerprint density at radius 1 is 1.47 bits per heavy atom. The Bertz CT molecular complexity index is 326. The van der Waals surface area contributed by atoms with Crippen LogP contribution in [-0.2, 0) is 4.79 Å². The van der Waals surface area contributed by atoms with Gasteiger partial charge in [0, 0.05) is 6.04 Å². The van der Waals surface area contributed by atoms with Crippen molar-refractivity contribution in [1.82, 2.24) is 0 Å². The van der Waals surface area contributed by atoms with Crippen LogP contribution in [0.3, 0.4) is 0 Å². The maximum atomic E-state index is 12.5. The predicted octanol–water partition coefficient (Wildman–Crippen LogP) is 1.01. The number of halogens is 1. The Morgan fingerprint density at radius 3 is 2.60 bits per heavy atom. The van der Waals surface area contributed by atoms with Crippen molar-refractivity contribution in [2.24, 2.45) is 5.73 Å². The Labute approximate surface area is 86.5 Å². The van der Waals surface area contributed by atoms with Crippen molar-refractivity contribution >= 4 is 5.97 Å². The summed E-state index contributed by atoms with van der Waals surface area (Å²) in [4.78, 5) is 10.3. The zero-order valence-corrected chi connectivity index (χ0v) is 8.02. The molecule has 1 unspecified atom stereocenters. The molecule has 0 saturated carbocycles. The second kappa shape index (κ2) is 5.31. The van der Waals surface area contributed by atoms with Gasteiger partial charge in [-0.3, -0.25) is 4.79 Å². The number of rotatable bonds is 5. The molecule has 0 spiro atoms. The van der Waals surface area contributed by atoms with E-state index >= 15 is 0 Å². The fraction of sp³-hybridized carbons (Fsp3) is 0.300. The average Bonchev–Trinajstić information content (AvgIpc) is 2.16. The highest BCUT2D eigenvalue weighted by atomic mass is 19.1. The molecule has 1 aromatic carbocycles. The van der Waals surface area contributed by atoms with E-state index < -0.39 is 12.0 Å². The van der Waals surface area contributed by atoms with E-state index in [2.05, 4.69) is 0 Å². The lowest BCUT2D eigenvalue weighted by Gasteiger charge is -2.10. The van der Waals surface area contributed by atoms with E-state index in [0.29, 0.717) is 5.75 Å². The van der Waals surface area contributed by atoms with Crippen molar-refractivity contribution in [1.29, 1.82) is 0 Å². The Morgan fingerprint density at radius 2 is 2.07 bits per heavy atom. The lowest BCUT2D eigenvalue weighted by Crippen LogP contribution is -2.30. The molecule has 0 aliphatic rings. The standard InChI is InChI=1S/C10H12FNO3/c11-7-1-3-9(4-2-7)15-6-8(12)5-10(13)14/h1-4,8H,5-6,12H2,(H,13,14). The summed E-state index contributed by atoms with van der Waals surface area (Å²) in [5.41, 5.74) is 5.47. The highest BCUT2D eigenvalue weighted by molar-refractivity contribution is 5.67. The SMILES string of the molecule is NC(COc1ccc(F)cc1)CC(=O)O. The van der Waals surface area contributed by atoms with Crippen LogP contribution < -0.4 is 10.5 Å². The second-order valence-electron chi connectivity index (χ2n) is 3.12. The van der Waals surface area contributed by atoms with Crippen molar-refractivity contribution in [3.8, 4) is 5.75 Å². The lowest BCUT2D eigenvalue weighted by molar-refractivity contribution is -0.137. The molecule has 82 valence electrons. The molecule has 0 bridgehead atoms. The molecule has 0 heterocycles. The van der Waals surface area contributed by atoms with E-state index in [1.54, 1.807) is 0 Å². The van der Waals surface area contributed by atoms with Crippen LogP contribution in [0.4, 0.5) is 4.39 Å². The highest BCUT2D eigenvalue weighted by Gasteiger charge is 2.08. The van der Waals surface area contributed by atoms with Crippen LogP contribution in [0, 0.1) is 5.82 Å². The summed E-state index contributed by atoms with van der Waals surface area (Å²) in [6.07, 6.45) is -0.152. The minimum Gasteiger partial charge on any atom is -0.492 e. The first-order valence-corrected chi connectivity index (χ1v) is 4.43. The number of benzene rings is 1. The van der Waals surface area contributed by atoms with Crippen molar-refractivity contribution in [2.45, 2.75) is 12.5 Å². The fourth-order valence-corrected chi connectivity index (χ4v) is 1.02. The topological polar surface area (TPSA) is 72.5 Å². The zero-order chi connectivity index (χ0) is 11.3. The van der Waals surface area contributed by atoms with Crippen LogP contribution in [0.5, 0.6) is 5.75 Å². The minimum atomic E-state index is -0.967. The van der Waals surface area contributed by atoms with Gasteiger partial charge in [0.25, 0.3) is 0 Å². The molecule has 3 N–H and O–H groups in total. The van der Waals surface area contributed by atoms with Gasteiger partial charge in [0.1, 0.15) is 18.2 Å². The number of hydrogen-bond acceptors (Lipinski definition) is 3. The van der Waals surface area contributed by atoms with E-state index in [-0.39, 0.29) is 18.8 Å². The van der Waals surface area contributed by atoms with Gasteiger partial charge in [-0.1, -0.05) is 0 Å². The maximum absolute atomic E-state index is 12.5. The van der Waals surface area contributed by atoms with Gasteiger partial charge in [0.15, 0.2) is 0 Å². The molecule has 4 nitrogen and oxygen atoms in total. The van der Waals surface area contributed by atoms with Gasteiger partial charge in [-0.15, -0.1) is 0 Å². The summed E-state index contributed by atoms with van der Waals surface area (Å²) in [5.74, 6) is -0.848. The molecule has 0 aromatic heterocycles. The smallest absolute Gasteiger partial charge is 0.305 e. The third kappa shape index (κ3) is 4.42. The van der Waals surface area contributed by atoms with Gasteiger partial charge in [0.05, 0.1) is 6.42 Å². The van der Waals surface area contributed by atoms with Crippen LogP contribution in [0.25, 0.3) is 0 Å². The summed E-state index contributed by atoms with van der Waals surface area (Å²) >= 11 is 0. The maximum Gasteiger partial charge on any atom is 0.305 e. The van der Waals surface area contributed by atoms with E-state index in [0.717, 1.165) is 0 Å². The van der Waals surface area contributed by atoms with E-state index in [1.165, 1.54) is 24.3 Å². The quantitative estimate of drug-likeness (QED) is 0.765. The van der Waals surface area contributed by atoms with Gasteiger partial charge in [-0.25, -0.2) is 4.39 Å². The molecular formula is C10H12FNO3. The molecule has 0 saturated heterocycles. The molecule has 0 radical (unpaired) electrons. The van der Waals surface area contributed by atoms with Crippen LogP contribution in [0.1, 0.15) is 6.42 Å². The largest absolute Gasteiger partial charge is 0.492 e. The number of aliphatic carboxylic acids is 1. The van der Waals surface area contributed by atoms with Crippen LogP contribution >= 0.6 is 0 Å². The number of nitrogens with two attached hydrogens (primary N) is 1. The summed E-state index contributed by atoms with van der Waals surface area (Å²) in [6, 6.07) is 4.88. The molecule has 15 heavy (non-hydrogen) atoms. The highest BCUT2D eigenvalue weighted by Crippen LogP contribution is 2.11. The van der Waals surface area contributed by atoms with Gasteiger partial charge in [-0.2, -0.15) is 0 Å². The first-order valence-electron chi connectivity index (χ1n) is 4.43. The minimum absolute atomic E-state index is 0.0952. The second-order valence-corrected chi connectivity index (χ2v) is 3.12. The monoisotopic (exact) mass is 213 g/mol. The Hall–Kier alpha value is -1.62. The predicted molar refractivity (Wildman–Crippen MR) is 52.1 cm³/mol. The molecule has 1 atom stereocenters. The van der Waals surface area contributed by atoms with Gasteiger partial charge in [-0.05, 0) is 24.3 Å². The van der Waals surface area contributed by atoms with Crippen LogP contribution in [-0.4, -0.2) is 23.7 Å². The summed E-state index contributed by atoms with van der Waals surface area (Å²) in [6.45, 7) is 0.0952. The average molecular weight is 213 g/mol. The summed E-state index contributed by atoms with van der Waals surface area (Å²) < 4.78 is 17.7. The molecule has 0 aliphatic heterocycles. The van der Waals surface area contributed by atoms with Gasteiger partial charge >= 0.3 is 5.97 Å². The zero-order valence-electron chi connectivity index (χ0n) is 8.02. The molecule has 0 fully saturated rings. The van der Waals surface area contributed by atoms with E-state index in [4.69, 9.17) is 15.6 Å². The molecule has 1 rings (SSSR count). The fourth-order valence-electron chi connectivity index (χ4n) is 1.02. The Kier molecular flexibility index (Phi) is 4.05. The third-order valence-electron chi connectivity index (χ3n) is 1.71. The number of hydrogen-bond donors (Lipinski definition) is 2. The first-order chi connectivity index (χ1) is 7.08. The van der Waals surface area contributed by atoms with Crippen molar-refractivity contribution in [3.05, 3.63) is 30.1 Å². The van der Waals surface area contributed by atoms with E-state index in [9.17, 15) is 9.18 Å².